The SMILES string of the molecule is CN=C(NCCC(F)(F)F)N1CCC(CN2CCOCC2)C1. The first-order valence-electron chi connectivity index (χ1n) is 7.80. The van der Waals surface area contributed by atoms with Crippen LogP contribution in [0, 0.1) is 5.92 Å². The number of rotatable bonds is 4. The van der Waals surface area contributed by atoms with Crippen molar-refractivity contribution in [3.8, 4) is 0 Å². The zero-order valence-corrected chi connectivity index (χ0v) is 13.0. The number of alkyl halides is 3. The summed E-state index contributed by atoms with van der Waals surface area (Å²) in [5, 5.41) is 2.81. The maximum absolute atomic E-state index is 12.2. The van der Waals surface area contributed by atoms with E-state index < -0.39 is 12.6 Å². The van der Waals surface area contributed by atoms with Crippen LogP contribution >= 0.6 is 0 Å². The highest BCUT2D eigenvalue weighted by molar-refractivity contribution is 5.80. The van der Waals surface area contributed by atoms with Gasteiger partial charge in [-0.05, 0) is 12.3 Å². The normalized spacial score (nSPS) is 24.8. The first-order valence-corrected chi connectivity index (χ1v) is 7.80. The van der Waals surface area contributed by atoms with E-state index in [4.69, 9.17) is 4.74 Å². The van der Waals surface area contributed by atoms with Crippen LogP contribution in [-0.4, -0.2) is 81.5 Å². The topological polar surface area (TPSA) is 40.1 Å². The van der Waals surface area contributed by atoms with E-state index in [0.29, 0.717) is 11.9 Å². The van der Waals surface area contributed by atoms with Gasteiger partial charge in [-0.2, -0.15) is 13.2 Å². The van der Waals surface area contributed by atoms with Gasteiger partial charge in [-0.25, -0.2) is 0 Å². The molecule has 2 fully saturated rings. The Labute approximate surface area is 129 Å². The fourth-order valence-electron chi connectivity index (χ4n) is 2.97. The smallest absolute Gasteiger partial charge is 0.379 e. The average Bonchev–Trinajstić information content (AvgIpc) is 2.92. The molecule has 2 saturated heterocycles. The van der Waals surface area contributed by atoms with Crippen LogP contribution in [0.4, 0.5) is 13.2 Å². The van der Waals surface area contributed by atoms with Gasteiger partial charge in [0.1, 0.15) is 0 Å². The molecule has 0 radical (unpaired) electrons. The number of hydrogen-bond donors (Lipinski definition) is 1. The highest BCUT2D eigenvalue weighted by Crippen LogP contribution is 2.20. The quantitative estimate of drug-likeness (QED) is 0.623. The number of nitrogens with zero attached hydrogens (tertiary/aromatic N) is 3. The van der Waals surface area contributed by atoms with Crippen LogP contribution in [0.25, 0.3) is 0 Å². The molecule has 2 rings (SSSR count). The van der Waals surface area contributed by atoms with E-state index >= 15 is 0 Å². The number of guanidine groups is 1. The van der Waals surface area contributed by atoms with Gasteiger partial charge in [-0.15, -0.1) is 0 Å². The molecule has 0 aromatic rings. The third-order valence-corrected chi connectivity index (χ3v) is 4.11. The predicted molar refractivity (Wildman–Crippen MR) is 79.0 cm³/mol. The Balaban J connectivity index is 1.73. The molecule has 0 bridgehead atoms. The Bertz CT molecular complexity index is 370. The lowest BCUT2D eigenvalue weighted by Crippen LogP contribution is -2.43. The molecule has 2 aliphatic heterocycles. The van der Waals surface area contributed by atoms with Crippen LogP contribution < -0.4 is 5.32 Å². The largest absolute Gasteiger partial charge is 0.390 e. The first kappa shape index (κ1) is 17.3. The molecule has 1 unspecified atom stereocenters. The molecule has 1 atom stereocenters. The van der Waals surface area contributed by atoms with Gasteiger partial charge >= 0.3 is 6.18 Å². The Morgan fingerprint density at radius 1 is 1.27 bits per heavy atom. The molecule has 2 aliphatic rings. The van der Waals surface area contributed by atoms with Gasteiger partial charge in [-0.1, -0.05) is 0 Å². The van der Waals surface area contributed by atoms with Crippen molar-refractivity contribution in [2.45, 2.75) is 19.0 Å². The van der Waals surface area contributed by atoms with Gasteiger partial charge in [0.15, 0.2) is 5.96 Å². The van der Waals surface area contributed by atoms with Crippen LogP contribution in [-0.2, 0) is 4.74 Å². The summed E-state index contributed by atoms with van der Waals surface area (Å²) in [5.41, 5.74) is 0. The van der Waals surface area contributed by atoms with E-state index in [0.717, 1.165) is 52.4 Å². The second-order valence-corrected chi connectivity index (χ2v) is 5.85. The van der Waals surface area contributed by atoms with Crippen molar-refractivity contribution in [2.24, 2.45) is 10.9 Å². The summed E-state index contributed by atoms with van der Waals surface area (Å²) in [4.78, 5) is 8.56. The van der Waals surface area contributed by atoms with Crippen LogP contribution in [0.2, 0.25) is 0 Å². The highest BCUT2D eigenvalue weighted by atomic mass is 19.4. The monoisotopic (exact) mass is 322 g/mol. The fraction of sp³-hybridized carbons (Fsp3) is 0.929. The van der Waals surface area contributed by atoms with Crippen LogP contribution in [0.1, 0.15) is 12.8 Å². The summed E-state index contributed by atoms with van der Waals surface area (Å²) in [5.74, 6) is 1.12. The summed E-state index contributed by atoms with van der Waals surface area (Å²) in [7, 11) is 1.62. The lowest BCUT2D eigenvalue weighted by molar-refractivity contribution is -0.132. The van der Waals surface area contributed by atoms with Crippen LogP contribution in [0.15, 0.2) is 4.99 Å². The molecule has 0 amide bonds. The zero-order valence-electron chi connectivity index (χ0n) is 13.0. The molecule has 2 heterocycles. The number of morpholine rings is 1. The van der Waals surface area contributed by atoms with Crippen molar-refractivity contribution in [2.75, 3.05) is 59.5 Å². The maximum atomic E-state index is 12.2. The lowest BCUT2D eigenvalue weighted by Gasteiger charge is -2.29. The summed E-state index contributed by atoms with van der Waals surface area (Å²) in [6, 6.07) is 0. The molecule has 1 N–H and O–H groups in total. The Hall–Kier alpha value is -1.02. The van der Waals surface area contributed by atoms with Gasteiger partial charge in [0.25, 0.3) is 0 Å². The molecule has 8 heteroatoms. The van der Waals surface area contributed by atoms with Crippen molar-refractivity contribution < 1.29 is 17.9 Å². The standard InChI is InChI=1S/C14H25F3N4O/c1-18-13(19-4-3-14(15,16)17)21-5-2-12(11-21)10-20-6-8-22-9-7-20/h12H,2-11H2,1H3,(H,18,19). The van der Waals surface area contributed by atoms with Gasteiger partial charge in [0.05, 0.1) is 19.6 Å². The van der Waals surface area contributed by atoms with E-state index in [1.54, 1.807) is 7.05 Å². The predicted octanol–water partition coefficient (Wildman–Crippen LogP) is 1.17. The summed E-state index contributed by atoms with van der Waals surface area (Å²) < 4.78 is 41.9. The van der Waals surface area contributed by atoms with Crippen LogP contribution in [0.3, 0.4) is 0 Å². The summed E-state index contributed by atoms with van der Waals surface area (Å²) >= 11 is 0. The zero-order chi connectivity index (χ0) is 16.0. The van der Waals surface area contributed by atoms with E-state index in [2.05, 4.69) is 20.1 Å². The van der Waals surface area contributed by atoms with E-state index in [1.165, 1.54) is 0 Å². The van der Waals surface area contributed by atoms with Crippen molar-refractivity contribution in [1.29, 1.82) is 0 Å². The van der Waals surface area contributed by atoms with Gasteiger partial charge < -0.3 is 15.0 Å². The highest BCUT2D eigenvalue weighted by Gasteiger charge is 2.29. The van der Waals surface area contributed by atoms with E-state index in [1.807, 2.05) is 0 Å². The van der Waals surface area contributed by atoms with Crippen LogP contribution in [0.5, 0.6) is 0 Å². The van der Waals surface area contributed by atoms with Crippen molar-refractivity contribution in [3.63, 3.8) is 0 Å². The minimum absolute atomic E-state index is 0.124. The Morgan fingerprint density at radius 3 is 2.64 bits per heavy atom. The fourth-order valence-corrected chi connectivity index (χ4v) is 2.97. The van der Waals surface area contributed by atoms with Gasteiger partial charge in [0, 0.05) is 46.3 Å². The second-order valence-electron chi connectivity index (χ2n) is 5.85. The second kappa shape index (κ2) is 8.01. The van der Waals surface area contributed by atoms with Crippen molar-refractivity contribution >= 4 is 5.96 Å². The van der Waals surface area contributed by atoms with E-state index in [-0.39, 0.29) is 6.54 Å². The maximum Gasteiger partial charge on any atom is 0.390 e. The Morgan fingerprint density at radius 2 is 2.00 bits per heavy atom. The third kappa shape index (κ3) is 5.64. The number of hydrogen-bond acceptors (Lipinski definition) is 3. The van der Waals surface area contributed by atoms with Gasteiger partial charge in [0.2, 0.25) is 0 Å². The Kier molecular flexibility index (Phi) is 6.31. The van der Waals surface area contributed by atoms with Crippen molar-refractivity contribution in [1.82, 2.24) is 15.1 Å². The molecule has 128 valence electrons. The summed E-state index contributed by atoms with van der Waals surface area (Å²) in [6.45, 7) is 6.11. The third-order valence-electron chi connectivity index (χ3n) is 4.11. The van der Waals surface area contributed by atoms with Gasteiger partial charge in [-0.3, -0.25) is 9.89 Å². The number of halogens is 3. The molecule has 0 saturated carbocycles. The lowest BCUT2D eigenvalue weighted by atomic mass is 10.1. The molecule has 0 aromatic heterocycles. The molecule has 0 aliphatic carbocycles. The average molecular weight is 322 g/mol. The molecular formula is C14H25F3N4O. The first-order chi connectivity index (χ1) is 10.5. The molecule has 22 heavy (non-hydrogen) atoms. The number of ether oxygens (including phenoxy) is 1. The summed E-state index contributed by atoms with van der Waals surface area (Å²) in [6.07, 6.45) is -3.91. The minimum atomic E-state index is -4.13. The molecular weight excluding hydrogens is 297 g/mol. The minimum Gasteiger partial charge on any atom is -0.379 e. The van der Waals surface area contributed by atoms with E-state index in [9.17, 15) is 13.2 Å². The number of aliphatic imine (C=N–C) groups is 1. The molecule has 5 nitrogen and oxygen atoms in total. The molecule has 0 aromatic carbocycles. The molecule has 0 spiro atoms. The van der Waals surface area contributed by atoms with Crippen molar-refractivity contribution in [3.05, 3.63) is 0 Å². The number of likely N-dealkylation sites (tertiary alicyclic amines) is 1. The number of nitrogens with one attached hydrogen (secondary N) is 1.